The molecule has 1 amide bonds. The Bertz CT molecular complexity index is 887. The fraction of sp³-hybridized carbons (Fsp3) is 0.364. The van der Waals surface area contributed by atoms with E-state index in [2.05, 4.69) is 39.4 Å². The number of carbonyl (C=O) groups excluding carboxylic acids is 1. The van der Waals surface area contributed by atoms with Gasteiger partial charge in [0.05, 0.1) is 0 Å². The zero-order valence-electron chi connectivity index (χ0n) is 15.8. The van der Waals surface area contributed by atoms with Crippen molar-refractivity contribution < 1.29 is 9.32 Å². The van der Waals surface area contributed by atoms with Gasteiger partial charge in [0.1, 0.15) is 0 Å². The molecule has 28 heavy (non-hydrogen) atoms. The maximum atomic E-state index is 12.5. The van der Waals surface area contributed by atoms with Crippen molar-refractivity contribution in [3.63, 3.8) is 0 Å². The molecule has 4 rings (SSSR count). The molecule has 0 unspecified atom stereocenters. The van der Waals surface area contributed by atoms with Gasteiger partial charge in [-0.05, 0) is 42.9 Å². The average molecular weight is 376 g/mol. The first-order valence-electron chi connectivity index (χ1n) is 9.82. The maximum Gasteiger partial charge on any atom is 0.227 e. The van der Waals surface area contributed by atoms with Crippen LogP contribution in [0.4, 0.5) is 0 Å². The normalized spacial score (nSPS) is 14.9. The van der Waals surface area contributed by atoms with Gasteiger partial charge in [0.15, 0.2) is 0 Å². The fourth-order valence-corrected chi connectivity index (χ4v) is 3.67. The van der Waals surface area contributed by atoms with Crippen molar-refractivity contribution in [2.75, 3.05) is 13.1 Å². The van der Waals surface area contributed by atoms with Crippen molar-refractivity contribution in [3.8, 4) is 11.4 Å². The van der Waals surface area contributed by atoms with Gasteiger partial charge in [0, 0.05) is 43.9 Å². The van der Waals surface area contributed by atoms with Crippen LogP contribution in [0.1, 0.15) is 30.7 Å². The average Bonchev–Trinajstić information content (AvgIpc) is 3.23. The number of rotatable bonds is 6. The van der Waals surface area contributed by atoms with E-state index in [1.807, 2.05) is 23.1 Å². The lowest BCUT2D eigenvalue weighted by Crippen LogP contribution is -2.39. The number of nitrogens with zero attached hydrogens (tertiary/aromatic N) is 4. The van der Waals surface area contributed by atoms with Crippen LogP contribution in [-0.2, 0) is 17.6 Å². The largest absolute Gasteiger partial charge is 0.343 e. The molecule has 1 aliphatic heterocycles. The summed E-state index contributed by atoms with van der Waals surface area (Å²) in [7, 11) is 0. The van der Waals surface area contributed by atoms with Gasteiger partial charge in [0.2, 0.25) is 17.6 Å². The van der Waals surface area contributed by atoms with Gasteiger partial charge < -0.3 is 9.42 Å². The highest BCUT2D eigenvalue weighted by molar-refractivity contribution is 5.76. The molecule has 0 saturated carbocycles. The van der Waals surface area contributed by atoms with Crippen LogP contribution in [0.15, 0.2) is 59.4 Å². The summed E-state index contributed by atoms with van der Waals surface area (Å²) in [6, 6.07) is 14.3. The maximum absolute atomic E-state index is 12.5. The second-order valence-corrected chi connectivity index (χ2v) is 7.27. The number of hydrogen-bond acceptors (Lipinski definition) is 5. The zero-order chi connectivity index (χ0) is 19.2. The summed E-state index contributed by atoms with van der Waals surface area (Å²) in [6.45, 7) is 1.67. The van der Waals surface area contributed by atoms with E-state index >= 15 is 0 Å². The summed E-state index contributed by atoms with van der Waals surface area (Å²) in [5.41, 5.74) is 2.19. The Balaban J connectivity index is 1.23. The van der Waals surface area contributed by atoms with E-state index in [1.165, 1.54) is 5.56 Å². The highest BCUT2D eigenvalue weighted by atomic mass is 16.5. The molecule has 1 aromatic carbocycles. The molecule has 0 atom stereocenters. The van der Waals surface area contributed by atoms with E-state index in [0.717, 1.165) is 37.9 Å². The van der Waals surface area contributed by atoms with Crippen LogP contribution in [-0.4, -0.2) is 39.0 Å². The molecule has 0 radical (unpaired) electrons. The van der Waals surface area contributed by atoms with Gasteiger partial charge in [-0.2, -0.15) is 4.98 Å². The zero-order valence-corrected chi connectivity index (χ0v) is 15.8. The smallest absolute Gasteiger partial charge is 0.227 e. The standard InChI is InChI=1S/C22H24N4O2/c27-21(9-8-20-24-22(25-28-20)19-7-4-12-23-16-19)26-13-10-18(11-14-26)15-17-5-2-1-3-6-17/h1-7,12,16,18H,8-11,13-15H2. The van der Waals surface area contributed by atoms with E-state index in [1.54, 1.807) is 12.4 Å². The molecule has 1 fully saturated rings. The van der Waals surface area contributed by atoms with Crippen LogP contribution in [0.2, 0.25) is 0 Å². The lowest BCUT2D eigenvalue weighted by molar-refractivity contribution is -0.132. The van der Waals surface area contributed by atoms with Crippen LogP contribution in [0.5, 0.6) is 0 Å². The number of carbonyl (C=O) groups is 1. The molecule has 0 spiro atoms. The number of benzene rings is 1. The quantitative estimate of drug-likeness (QED) is 0.658. The molecular formula is C22H24N4O2. The molecular weight excluding hydrogens is 352 g/mol. The molecule has 0 bridgehead atoms. The first-order chi connectivity index (χ1) is 13.8. The van der Waals surface area contributed by atoms with Gasteiger partial charge in [0.25, 0.3) is 0 Å². The Morgan fingerprint density at radius 2 is 1.93 bits per heavy atom. The Kier molecular flexibility index (Phi) is 5.75. The predicted molar refractivity (Wildman–Crippen MR) is 105 cm³/mol. The monoisotopic (exact) mass is 376 g/mol. The van der Waals surface area contributed by atoms with Crippen LogP contribution >= 0.6 is 0 Å². The summed E-state index contributed by atoms with van der Waals surface area (Å²) in [6.07, 6.45) is 7.49. The molecule has 6 nitrogen and oxygen atoms in total. The lowest BCUT2D eigenvalue weighted by Gasteiger charge is -2.32. The lowest BCUT2D eigenvalue weighted by atomic mass is 9.90. The fourth-order valence-electron chi connectivity index (χ4n) is 3.67. The molecule has 1 aliphatic rings. The van der Waals surface area contributed by atoms with E-state index < -0.39 is 0 Å². The Morgan fingerprint density at radius 3 is 2.68 bits per heavy atom. The molecule has 144 valence electrons. The van der Waals surface area contributed by atoms with Gasteiger partial charge in [-0.3, -0.25) is 9.78 Å². The number of pyridine rings is 1. The summed E-state index contributed by atoms with van der Waals surface area (Å²) in [5, 5.41) is 3.98. The summed E-state index contributed by atoms with van der Waals surface area (Å²) in [5.74, 6) is 1.83. The first kappa shape index (κ1) is 18.3. The Hall–Kier alpha value is -3.02. The molecule has 1 saturated heterocycles. The number of amides is 1. The summed E-state index contributed by atoms with van der Waals surface area (Å²) in [4.78, 5) is 22.9. The predicted octanol–water partition coefficient (Wildman–Crippen LogP) is 3.55. The molecule has 3 aromatic rings. The van der Waals surface area contributed by atoms with E-state index in [-0.39, 0.29) is 5.91 Å². The molecule has 3 heterocycles. The van der Waals surface area contributed by atoms with Crippen molar-refractivity contribution in [1.82, 2.24) is 20.0 Å². The van der Waals surface area contributed by atoms with Crippen molar-refractivity contribution >= 4 is 5.91 Å². The van der Waals surface area contributed by atoms with Gasteiger partial charge in [-0.25, -0.2) is 0 Å². The highest BCUT2D eigenvalue weighted by Gasteiger charge is 2.23. The summed E-state index contributed by atoms with van der Waals surface area (Å²) < 4.78 is 5.28. The van der Waals surface area contributed by atoms with Crippen molar-refractivity contribution in [2.45, 2.75) is 32.1 Å². The van der Waals surface area contributed by atoms with Gasteiger partial charge >= 0.3 is 0 Å². The number of likely N-dealkylation sites (tertiary alicyclic amines) is 1. The van der Waals surface area contributed by atoms with Gasteiger partial charge in [-0.1, -0.05) is 35.5 Å². The Morgan fingerprint density at radius 1 is 1.11 bits per heavy atom. The minimum absolute atomic E-state index is 0.166. The SMILES string of the molecule is O=C(CCc1nc(-c2cccnc2)no1)N1CCC(Cc2ccccc2)CC1. The number of hydrogen-bond donors (Lipinski definition) is 0. The van der Waals surface area contributed by atoms with Crippen LogP contribution in [0.3, 0.4) is 0 Å². The second-order valence-electron chi connectivity index (χ2n) is 7.27. The topological polar surface area (TPSA) is 72.1 Å². The third-order valence-corrected chi connectivity index (χ3v) is 5.27. The van der Waals surface area contributed by atoms with Crippen LogP contribution in [0.25, 0.3) is 11.4 Å². The minimum atomic E-state index is 0.166. The van der Waals surface area contributed by atoms with Crippen molar-refractivity contribution in [3.05, 3.63) is 66.3 Å². The number of piperidine rings is 1. The third kappa shape index (κ3) is 4.63. The molecule has 0 aliphatic carbocycles. The number of aryl methyl sites for hydroxylation is 1. The van der Waals surface area contributed by atoms with E-state index in [4.69, 9.17) is 4.52 Å². The second kappa shape index (κ2) is 8.78. The number of aromatic nitrogens is 3. The van der Waals surface area contributed by atoms with Crippen LogP contribution in [0, 0.1) is 5.92 Å². The molecule has 2 aromatic heterocycles. The molecule has 0 N–H and O–H groups in total. The Labute approximate surface area is 164 Å². The van der Waals surface area contributed by atoms with Crippen molar-refractivity contribution in [1.29, 1.82) is 0 Å². The summed E-state index contributed by atoms with van der Waals surface area (Å²) >= 11 is 0. The minimum Gasteiger partial charge on any atom is -0.343 e. The van der Waals surface area contributed by atoms with Gasteiger partial charge in [-0.15, -0.1) is 0 Å². The third-order valence-electron chi connectivity index (χ3n) is 5.27. The van der Waals surface area contributed by atoms with Crippen molar-refractivity contribution in [2.24, 2.45) is 5.92 Å². The highest BCUT2D eigenvalue weighted by Crippen LogP contribution is 2.22. The van der Waals surface area contributed by atoms with Crippen LogP contribution < -0.4 is 0 Å². The van der Waals surface area contributed by atoms with E-state index in [9.17, 15) is 4.79 Å². The first-order valence-corrected chi connectivity index (χ1v) is 9.82. The van der Waals surface area contributed by atoms with E-state index in [0.29, 0.717) is 30.5 Å². The molecule has 6 heteroatoms.